The van der Waals surface area contributed by atoms with Crippen LogP contribution in [0.5, 0.6) is 11.5 Å². The molecule has 3 aromatic carbocycles. The number of aryl methyl sites for hydroxylation is 1. The van der Waals surface area contributed by atoms with Crippen molar-refractivity contribution in [1.29, 1.82) is 0 Å². The van der Waals surface area contributed by atoms with Crippen molar-refractivity contribution >= 4 is 16.7 Å². The zero-order valence-electron chi connectivity index (χ0n) is 22.4. The van der Waals surface area contributed by atoms with Crippen molar-refractivity contribution in [2.45, 2.75) is 44.9 Å². The second-order valence-electron chi connectivity index (χ2n) is 10.7. The number of benzene rings is 3. The topological polar surface area (TPSA) is 42.0 Å². The molecule has 5 heteroatoms. The Balaban J connectivity index is 1.19. The summed E-state index contributed by atoms with van der Waals surface area (Å²) in [5.41, 5.74) is 3.25. The molecule has 0 aliphatic carbocycles. The molecule has 1 atom stereocenters. The molecule has 0 aromatic heterocycles. The van der Waals surface area contributed by atoms with Crippen molar-refractivity contribution in [1.82, 2.24) is 9.80 Å². The van der Waals surface area contributed by atoms with Gasteiger partial charge in [0, 0.05) is 25.2 Å². The van der Waals surface area contributed by atoms with E-state index in [0.29, 0.717) is 17.4 Å². The fourth-order valence-electron chi connectivity index (χ4n) is 6.09. The summed E-state index contributed by atoms with van der Waals surface area (Å²) in [6.45, 7) is 4.99. The maximum Gasteiger partial charge on any atom is 0.254 e. The van der Waals surface area contributed by atoms with E-state index in [-0.39, 0.29) is 5.91 Å². The van der Waals surface area contributed by atoms with Gasteiger partial charge in [0.05, 0.1) is 14.2 Å². The van der Waals surface area contributed by atoms with Crippen LogP contribution in [0.2, 0.25) is 0 Å². The summed E-state index contributed by atoms with van der Waals surface area (Å²) in [4.78, 5) is 18.2. The Morgan fingerprint density at radius 2 is 1.70 bits per heavy atom. The van der Waals surface area contributed by atoms with E-state index in [9.17, 15) is 4.79 Å². The lowest BCUT2D eigenvalue weighted by atomic mass is 9.94. The third-order valence-corrected chi connectivity index (χ3v) is 8.11. The molecule has 0 bridgehead atoms. The highest BCUT2D eigenvalue weighted by Crippen LogP contribution is 2.33. The van der Waals surface area contributed by atoms with Crippen LogP contribution in [0.1, 0.15) is 53.6 Å². The van der Waals surface area contributed by atoms with E-state index in [2.05, 4.69) is 52.3 Å². The zero-order chi connectivity index (χ0) is 25.6. The van der Waals surface area contributed by atoms with Gasteiger partial charge < -0.3 is 19.3 Å². The number of likely N-dealkylation sites (tertiary alicyclic amines) is 1. The third-order valence-electron chi connectivity index (χ3n) is 8.11. The van der Waals surface area contributed by atoms with Crippen molar-refractivity contribution in [3.63, 3.8) is 0 Å². The van der Waals surface area contributed by atoms with Gasteiger partial charge in [-0.2, -0.15) is 0 Å². The van der Waals surface area contributed by atoms with Gasteiger partial charge in [-0.3, -0.25) is 4.79 Å². The molecule has 3 aromatic rings. The molecule has 1 amide bonds. The van der Waals surface area contributed by atoms with E-state index in [4.69, 9.17) is 9.47 Å². The van der Waals surface area contributed by atoms with Crippen molar-refractivity contribution in [3.05, 3.63) is 71.3 Å². The van der Waals surface area contributed by atoms with Crippen LogP contribution in [0.4, 0.5) is 0 Å². The smallest absolute Gasteiger partial charge is 0.254 e. The van der Waals surface area contributed by atoms with Crippen LogP contribution in [-0.4, -0.2) is 62.7 Å². The number of methoxy groups -OCH3 is 2. The molecule has 2 heterocycles. The predicted molar refractivity (Wildman–Crippen MR) is 150 cm³/mol. The summed E-state index contributed by atoms with van der Waals surface area (Å²) < 4.78 is 10.9. The van der Waals surface area contributed by atoms with E-state index in [1.807, 2.05) is 12.1 Å². The highest BCUT2D eigenvalue weighted by atomic mass is 16.5. The minimum atomic E-state index is 0.132. The van der Waals surface area contributed by atoms with Crippen LogP contribution in [0.15, 0.2) is 54.6 Å². The summed E-state index contributed by atoms with van der Waals surface area (Å²) >= 11 is 0. The average Bonchev–Trinajstić information content (AvgIpc) is 2.91. The van der Waals surface area contributed by atoms with Crippen LogP contribution in [0.3, 0.4) is 0 Å². The van der Waals surface area contributed by atoms with Gasteiger partial charge in [0.1, 0.15) is 0 Å². The lowest BCUT2D eigenvalue weighted by Gasteiger charge is -2.35. The van der Waals surface area contributed by atoms with Crippen molar-refractivity contribution < 1.29 is 14.3 Å². The number of carbonyl (C=O) groups excluding carboxylic acids is 1. The molecule has 0 spiro atoms. The highest BCUT2D eigenvalue weighted by Gasteiger charge is 2.29. The Bertz CT molecular complexity index is 1220. The number of hydrogen-bond donors (Lipinski definition) is 0. The van der Waals surface area contributed by atoms with E-state index in [1.54, 1.807) is 14.2 Å². The first-order valence-corrected chi connectivity index (χ1v) is 13.9. The van der Waals surface area contributed by atoms with Gasteiger partial charge >= 0.3 is 0 Å². The van der Waals surface area contributed by atoms with Crippen LogP contribution < -0.4 is 9.47 Å². The molecule has 2 aliphatic rings. The largest absolute Gasteiger partial charge is 0.493 e. The third kappa shape index (κ3) is 6.10. The van der Waals surface area contributed by atoms with Gasteiger partial charge in [0.2, 0.25) is 0 Å². The fourth-order valence-corrected chi connectivity index (χ4v) is 6.09. The van der Waals surface area contributed by atoms with Crippen LogP contribution in [0.25, 0.3) is 10.8 Å². The number of fused-ring (bicyclic) bond motifs is 2. The summed E-state index contributed by atoms with van der Waals surface area (Å²) in [5.74, 6) is 1.97. The molecule has 0 saturated carbocycles. The van der Waals surface area contributed by atoms with Gasteiger partial charge in [-0.1, -0.05) is 55.3 Å². The van der Waals surface area contributed by atoms with Gasteiger partial charge in [0.25, 0.3) is 5.91 Å². The van der Waals surface area contributed by atoms with E-state index < -0.39 is 0 Å². The van der Waals surface area contributed by atoms with Crippen LogP contribution in [-0.2, 0) is 12.8 Å². The zero-order valence-corrected chi connectivity index (χ0v) is 22.4. The second kappa shape index (κ2) is 12.0. The molecule has 2 aliphatic heterocycles. The number of rotatable bonds is 8. The first-order chi connectivity index (χ1) is 18.1. The summed E-state index contributed by atoms with van der Waals surface area (Å²) in [5, 5.41) is 2.64. The Kier molecular flexibility index (Phi) is 8.30. The van der Waals surface area contributed by atoms with Crippen LogP contribution in [0, 0.1) is 5.92 Å². The molecule has 1 fully saturated rings. The summed E-state index contributed by atoms with van der Waals surface area (Å²) in [6, 6.07) is 19.3. The maximum atomic E-state index is 13.4. The number of amides is 1. The molecule has 5 rings (SSSR count). The predicted octanol–water partition coefficient (Wildman–Crippen LogP) is 5.98. The second-order valence-corrected chi connectivity index (χ2v) is 10.7. The molecule has 5 nitrogen and oxygen atoms in total. The van der Waals surface area contributed by atoms with Crippen molar-refractivity contribution in [2.75, 3.05) is 46.9 Å². The highest BCUT2D eigenvalue weighted by molar-refractivity contribution is 5.97. The lowest BCUT2D eigenvalue weighted by molar-refractivity contribution is 0.0680. The SMILES string of the molecule is COc1cc2c(cc1OC)C(=O)N(CC1CCCCCN(CCCc3ccc4ccccc4c3)C1)CC2. The molecule has 196 valence electrons. The number of carbonyl (C=O) groups is 1. The Labute approximate surface area is 221 Å². The van der Waals surface area contributed by atoms with E-state index in [0.717, 1.165) is 50.1 Å². The van der Waals surface area contributed by atoms with Crippen molar-refractivity contribution in [2.24, 2.45) is 5.92 Å². The maximum absolute atomic E-state index is 13.4. The van der Waals surface area contributed by atoms with Gasteiger partial charge in [-0.05, 0) is 85.1 Å². The van der Waals surface area contributed by atoms with E-state index in [1.165, 1.54) is 55.0 Å². The van der Waals surface area contributed by atoms with Gasteiger partial charge in [-0.15, -0.1) is 0 Å². The molecular weight excluding hydrogens is 460 g/mol. The first-order valence-electron chi connectivity index (χ1n) is 13.9. The standard InChI is InChI=1S/C32H40N2O3/c1-36-30-20-28-15-18-34(32(35)29(28)21-31(30)37-2)23-25-9-4-3-7-16-33(22-25)17-8-10-24-13-14-26-11-5-6-12-27(26)19-24/h5-6,11-14,19-21,25H,3-4,7-10,15-18,22-23H2,1-2H3. The molecule has 1 unspecified atom stereocenters. The Hall–Kier alpha value is -3.05. The summed E-state index contributed by atoms with van der Waals surface area (Å²) in [7, 11) is 3.27. The summed E-state index contributed by atoms with van der Waals surface area (Å²) in [6.07, 6.45) is 8.17. The number of hydrogen-bond acceptors (Lipinski definition) is 4. The Morgan fingerprint density at radius 1 is 0.892 bits per heavy atom. The minimum Gasteiger partial charge on any atom is -0.493 e. The molecule has 0 radical (unpaired) electrons. The normalized spacial score (nSPS) is 18.8. The monoisotopic (exact) mass is 500 g/mol. The Morgan fingerprint density at radius 3 is 2.54 bits per heavy atom. The van der Waals surface area contributed by atoms with E-state index >= 15 is 0 Å². The quantitative estimate of drug-likeness (QED) is 0.382. The average molecular weight is 501 g/mol. The molecule has 37 heavy (non-hydrogen) atoms. The first kappa shape index (κ1) is 25.6. The number of nitrogens with zero attached hydrogens (tertiary/aromatic N) is 2. The van der Waals surface area contributed by atoms with Crippen LogP contribution >= 0.6 is 0 Å². The van der Waals surface area contributed by atoms with Crippen molar-refractivity contribution in [3.8, 4) is 11.5 Å². The van der Waals surface area contributed by atoms with Gasteiger partial charge in [-0.25, -0.2) is 0 Å². The lowest BCUT2D eigenvalue weighted by Crippen LogP contribution is -2.44. The molecule has 1 saturated heterocycles. The van der Waals surface area contributed by atoms with Gasteiger partial charge in [0.15, 0.2) is 11.5 Å². The minimum absolute atomic E-state index is 0.132. The number of ether oxygens (including phenoxy) is 2. The molecular formula is C32H40N2O3. The molecule has 0 N–H and O–H groups in total. The fraction of sp³-hybridized carbons (Fsp3) is 0.469.